The first-order chi connectivity index (χ1) is 8.63. The predicted octanol–water partition coefficient (Wildman–Crippen LogP) is 1.19. The zero-order chi connectivity index (χ0) is 13.1. The maximum atomic E-state index is 3.98. The van der Waals surface area contributed by atoms with Crippen molar-refractivity contribution >= 4 is 5.69 Å². The summed E-state index contributed by atoms with van der Waals surface area (Å²) >= 11 is 0. The highest BCUT2D eigenvalue weighted by molar-refractivity contribution is 5.48. The van der Waals surface area contributed by atoms with Crippen molar-refractivity contribution in [2.45, 2.75) is 6.04 Å². The molecule has 0 aliphatic rings. The fourth-order valence-electron chi connectivity index (χ4n) is 2.03. The molecule has 1 atom stereocenters. The molecule has 0 saturated carbocycles. The van der Waals surface area contributed by atoms with Crippen molar-refractivity contribution in [3.05, 3.63) is 41.7 Å². The van der Waals surface area contributed by atoms with E-state index in [2.05, 4.69) is 44.8 Å². The molecule has 0 amide bonds. The van der Waals surface area contributed by atoms with Crippen molar-refractivity contribution in [2.75, 3.05) is 26.0 Å². The van der Waals surface area contributed by atoms with E-state index in [0.717, 1.165) is 5.69 Å². The molecule has 2 aromatic rings. The molecule has 96 valence electrons. The minimum Gasteiger partial charge on any atom is -0.378 e. The minimum atomic E-state index is 0.102. The molecule has 18 heavy (non-hydrogen) atoms. The molecule has 0 radical (unpaired) electrons. The Labute approximate surface area is 107 Å². The first kappa shape index (κ1) is 12.6. The second-order valence-electron chi connectivity index (χ2n) is 4.49. The van der Waals surface area contributed by atoms with Crippen molar-refractivity contribution in [3.8, 4) is 0 Å². The molecular formula is C13H19N5. The van der Waals surface area contributed by atoms with Gasteiger partial charge in [0.15, 0.2) is 0 Å². The molecule has 0 fully saturated rings. The normalized spacial score (nSPS) is 12.4. The van der Waals surface area contributed by atoms with Crippen LogP contribution in [0.2, 0.25) is 0 Å². The Morgan fingerprint density at radius 2 is 2.11 bits per heavy atom. The second kappa shape index (κ2) is 5.18. The smallest absolute Gasteiger partial charge is 0.0798 e. The van der Waals surface area contributed by atoms with Gasteiger partial charge in [-0.15, -0.1) is 5.10 Å². The maximum Gasteiger partial charge on any atom is 0.0798 e. The highest BCUT2D eigenvalue weighted by Gasteiger charge is 2.16. The molecule has 5 heteroatoms. The van der Waals surface area contributed by atoms with Crippen molar-refractivity contribution in [2.24, 2.45) is 7.05 Å². The summed E-state index contributed by atoms with van der Waals surface area (Å²) in [4.78, 5) is 2.09. The highest BCUT2D eigenvalue weighted by Crippen LogP contribution is 2.23. The first-order valence-electron chi connectivity index (χ1n) is 5.92. The molecule has 0 spiro atoms. The average Bonchev–Trinajstić information content (AvgIpc) is 2.77. The first-order valence-corrected chi connectivity index (χ1v) is 5.92. The fraction of sp³-hybridized carbons (Fsp3) is 0.385. The summed E-state index contributed by atoms with van der Waals surface area (Å²) in [7, 11) is 7.93. The van der Waals surface area contributed by atoms with Gasteiger partial charge in [-0.2, -0.15) is 0 Å². The van der Waals surface area contributed by atoms with Gasteiger partial charge >= 0.3 is 0 Å². The summed E-state index contributed by atoms with van der Waals surface area (Å²) in [6.07, 6.45) is 1.80. The van der Waals surface area contributed by atoms with E-state index in [1.807, 2.05) is 28.2 Å². The number of rotatable bonds is 4. The van der Waals surface area contributed by atoms with Crippen LogP contribution in [0.15, 0.2) is 30.5 Å². The van der Waals surface area contributed by atoms with Crippen molar-refractivity contribution in [3.63, 3.8) is 0 Å². The zero-order valence-corrected chi connectivity index (χ0v) is 11.3. The molecular weight excluding hydrogens is 226 g/mol. The Morgan fingerprint density at radius 1 is 1.33 bits per heavy atom. The Hall–Kier alpha value is -1.88. The summed E-state index contributed by atoms with van der Waals surface area (Å²) in [5.74, 6) is 0. The van der Waals surface area contributed by atoms with E-state index < -0.39 is 0 Å². The summed E-state index contributed by atoms with van der Waals surface area (Å²) in [6.45, 7) is 0. The number of anilines is 1. The monoisotopic (exact) mass is 245 g/mol. The van der Waals surface area contributed by atoms with E-state index in [1.54, 1.807) is 10.9 Å². The van der Waals surface area contributed by atoms with Gasteiger partial charge in [0.05, 0.1) is 17.9 Å². The second-order valence-corrected chi connectivity index (χ2v) is 4.49. The van der Waals surface area contributed by atoms with Gasteiger partial charge in [0.2, 0.25) is 0 Å². The average molecular weight is 245 g/mol. The van der Waals surface area contributed by atoms with Crippen LogP contribution < -0.4 is 10.2 Å². The Kier molecular flexibility index (Phi) is 3.62. The van der Waals surface area contributed by atoms with E-state index in [-0.39, 0.29) is 6.04 Å². The van der Waals surface area contributed by atoms with Gasteiger partial charge in [-0.25, -0.2) is 0 Å². The SMILES string of the molecule is CNC(c1cccc(N(C)C)c1)c1cnnn1C. The van der Waals surface area contributed by atoms with Crippen LogP contribution in [-0.4, -0.2) is 36.1 Å². The Balaban J connectivity index is 2.39. The fourth-order valence-corrected chi connectivity index (χ4v) is 2.03. The van der Waals surface area contributed by atoms with Gasteiger partial charge in [-0.3, -0.25) is 4.68 Å². The third kappa shape index (κ3) is 2.36. The number of aromatic nitrogens is 3. The number of hydrogen-bond donors (Lipinski definition) is 1. The number of benzene rings is 1. The van der Waals surface area contributed by atoms with E-state index >= 15 is 0 Å². The Morgan fingerprint density at radius 3 is 2.67 bits per heavy atom. The van der Waals surface area contributed by atoms with E-state index in [9.17, 15) is 0 Å². The molecule has 1 unspecified atom stereocenters. The zero-order valence-electron chi connectivity index (χ0n) is 11.3. The molecule has 5 nitrogen and oxygen atoms in total. The lowest BCUT2D eigenvalue weighted by molar-refractivity contribution is 0.598. The quantitative estimate of drug-likeness (QED) is 0.879. The van der Waals surface area contributed by atoms with Crippen LogP contribution in [0.25, 0.3) is 0 Å². The number of hydrogen-bond acceptors (Lipinski definition) is 4. The third-order valence-corrected chi connectivity index (χ3v) is 3.05. The summed E-state index contributed by atoms with van der Waals surface area (Å²) in [5, 5.41) is 11.2. The summed E-state index contributed by atoms with van der Waals surface area (Å²) in [5.41, 5.74) is 3.44. The summed E-state index contributed by atoms with van der Waals surface area (Å²) in [6, 6.07) is 8.55. The van der Waals surface area contributed by atoms with Gasteiger partial charge in [0.1, 0.15) is 0 Å². The van der Waals surface area contributed by atoms with E-state index in [0.29, 0.717) is 0 Å². The van der Waals surface area contributed by atoms with Gasteiger partial charge in [0, 0.05) is 26.8 Å². The highest BCUT2D eigenvalue weighted by atomic mass is 15.4. The van der Waals surface area contributed by atoms with Crippen LogP contribution in [0.4, 0.5) is 5.69 Å². The standard InChI is InChI=1S/C13H19N5/c1-14-13(12-9-15-16-18(12)4)10-6-5-7-11(8-10)17(2)3/h5-9,13-14H,1-4H3. The van der Waals surface area contributed by atoms with Crippen LogP contribution in [0.1, 0.15) is 17.3 Å². The minimum absolute atomic E-state index is 0.102. The van der Waals surface area contributed by atoms with Crippen LogP contribution >= 0.6 is 0 Å². The molecule has 1 heterocycles. The molecule has 0 bridgehead atoms. The third-order valence-electron chi connectivity index (χ3n) is 3.05. The lowest BCUT2D eigenvalue weighted by atomic mass is 10.0. The van der Waals surface area contributed by atoms with Crippen LogP contribution in [0.3, 0.4) is 0 Å². The lowest BCUT2D eigenvalue weighted by Crippen LogP contribution is -2.21. The van der Waals surface area contributed by atoms with Gasteiger partial charge in [-0.05, 0) is 24.7 Å². The van der Waals surface area contributed by atoms with Crippen LogP contribution in [0, 0.1) is 0 Å². The molecule has 0 aliphatic carbocycles. The van der Waals surface area contributed by atoms with Crippen LogP contribution in [0.5, 0.6) is 0 Å². The molecule has 2 rings (SSSR count). The van der Waals surface area contributed by atoms with Gasteiger partial charge < -0.3 is 10.2 Å². The van der Waals surface area contributed by atoms with E-state index in [1.165, 1.54) is 11.3 Å². The summed E-state index contributed by atoms with van der Waals surface area (Å²) < 4.78 is 1.80. The lowest BCUT2D eigenvalue weighted by Gasteiger charge is -2.19. The molecule has 1 N–H and O–H groups in total. The Bertz CT molecular complexity index is 518. The largest absolute Gasteiger partial charge is 0.378 e. The number of nitrogens with one attached hydrogen (secondary N) is 1. The molecule has 1 aromatic heterocycles. The van der Waals surface area contributed by atoms with Crippen molar-refractivity contribution < 1.29 is 0 Å². The maximum absolute atomic E-state index is 3.98. The van der Waals surface area contributed by atoms with Crippen molar-refractivity contribution in [1.29, 1.82) is 0 Å². The van der Waals surface area contributed by atoms with Crippen LogP contribution in [-0.2, 0) is 7.05 Å². The van der Waals surface area contributed by atoms with Gasteiger partial charge in [0.25, 0.3) is 0 Å². The number of nitrogens with zero attached hydrogens (tertiary/aromatic N) is 4. The van der Waals surface area contributed by atoms with E-state index in [4.69, 9.17) is 0 Å². The van der Waals surface area contributed by atoms with Crippen molar-refractivity contribution in [1.82, 2.24) is 20.3 Å². The number of aryl methyl sites for hydroxylation is 1. The molecule has 1 aromatic carbocycles. The molecule has 0 aliphatic heterocycles. The van der Waals surface area contributed by atoms with Gasteiger partial charge in [-0.1, -0.05) is 17.3 Å². The molecule has 0 saturated heterocycles. The topological polar surface area (TPSA) is 46.0 Å². The predicted molar refractivity (Wildman–Crippen MR) is 72.7 cm³/mol.